The number of anilines is 1. The van der Waals surface area contributed by atoms with Crippen molar-refractivity contribution < 1.29 is 4.79 Å². The third kappa shape index (κ3) is 3.50. The first-order chi connectivity index (χ1) is 12.7. The molecule has 2 aromatic heterocycles. The SMILES string of the molecule is O=C(Cc1n[nH]c(=O)c2ccccc12)Nc1nnc(C2CCCCC2)s1. The molecule has 0 atom stereocenters. The maximum atomic E-state index is 12.4. The average Bonchev–Trinajstić information content (AvgIpc) is 3.13. The Labute approximate surface area is 153 Å². The zero-order valence-corrected chi connectivity index (χ0v) is 15.0. The molecule has 3 aromatic rings. The zero-order chi connectivity index (χ0) is 17.9. The number of aromatic amines is 1. The second-order valence-corrected chi connectivity index (χ2v) is 7.56. The van der Waals surface area contributed by atoms with Crippen LogP contribution in [0.3, 0.4) is 0 Å². The predicted octanol–water partition coefficient (Wildman–Crippen LogP) is 3.00. The van der Waals surface area contributed by atoms with Crippen molar-refractivity contribution in [2.75, 3.05) is 5.32 Å². The van der Waals surface area contributed by atoms with Crippen LogP contribution in [0.25, 0.3) is 10.8 Å². The van der Waals surface area contributed by atoms with E-state index >= 15 is 0 Å². The highest BCUT2D eigenvalue weighted by atomic mass is 32.1. The Bertz CT molecular complexity index is 990. The molecule has 2 N–H and O–H groups in total. The number of H-pyrrole nitrogens is 1. The van der Waals surface area contributed by atoms with Crippen molar-refractivity contribution in [3.8, 4) is 0 Å². The number of nitrogens with one attached hydrogen (secondary N) is 2. The monoisotopic (exact) mass is 369 g/mol. The summed E-state index contributed by atoms with van der Waals surface area (Å²) in [5.74, 6) is 0.248. The lowest BCUT2D eigenvalue weighted by atomic mass is 9.90. The Hall–Kier alpha value is -2.61. The van der Waals surface area contributed by atoms with Crippen molar-refractivity contribution in [3.05, 3.63) is 45.3 Å². The number of fused-ring (bicyclic) bond motifs is 1. The number of nitrogens with zero attached hydrogens (tertiary/aromatic N) is 3. The van der Waals surface area contributed by atoms with Crippen LogP contribution in [-0.2, 0) is 11.2 Å². The van der Waals surface area contributed by atoms with Crippen molar-refractivity contribution in [2.45, 2.75) is 44.4 Å². The van der Waals surface area contributed by atoms with Crippen LogP contribution in [0, 0.1) is 0 Å². The van der Waals surface area contributed by atoms with Gasteiger partial charge in [-0.3, -0.25) is 9.59 Å². The van der Waals surface area contributed by atoms with Crippen LogP contribution in [0.15, 0.2) is 29.1 Å². The number of carbonyl (C=O) groups is 1. The van der Waals surface area contributed by atoms with Gasteiger partial charge in [-0.15, -0.1) is 10.2 Å². The molecule has 0 bridgehead atoms. The molecule has 134 valence electrons. The summed E-state index contributed by atoms with van der Waals surface area (Å²) in [7, 11) is 0. The average molecular weight is 369 g/mol. The standard InChI is InChI=1S/C18H19N5O2S/c24-15(10-14-12-8-4-5-9-13(12)16(25)21-20-14)19-18-23-22-17(26-18)11-6-2-1-3-7-11/h4-5,8-9,11H,1-3,6-7,10H2,(H,21,25)(H,19,23,24). The van der Waals surface area contributed by atoms with Gasteiger partial charge in [0, 0.05) is 11.3 Å². The molecule has 1 saturated carbocycles. The highest BCUT2D eigenvalue weighted by Crippen LogP contribution is 2.35. The van der Waals surface area contributed by atoms with E-state index in [2.05, 4.69) is 25.7 Å². The van der Waals surface area contributed by atoms with Gasteiger partial charge in [0.1, 0.15) is 5.01 Å². The molecule has 4 rings (SSSR count). The molecule has 0 radical (unpaired) electrons. The predicted molar refractivity (Wildman–Crippen MR) is 100 cm³/mol. The zero-order valence-electron chi connectivity index (χ0n) is 14.2. The van der Waals surface area contributed by atoms with Gasteiger partial charge >= 0.3 is 0 Å². The van der Waals surface area contributed by atoms with Gasteiger partial charge in [-0.25, -0.2) is 5.10 Å². The van der Waals surface area contributed by atoms with Gasteiger partial charge in [0.2, 0.25) is 11.0 Å². The van der Waals surface area contributed by atoms with E-state index in [0.29, 0.717) is 27.5 Å². The summed E-state index contributed by atoms with van der Waals surface area (Å²) in [6, 6.07) is 7.13. The summed E-state index contributed by atoms with van der Waals surface area (Å²) in [4.78, 5) is 24.2. The molecule has 1 aliphatic rings. The van der Waals surface area contributed by atoms with Gasteiger partial charge in [0.05, 0.1) is 17.5 Å². The molecular weight excluding hydrogens is 350 g/mol. The summed E-state index contributed by atoms with van der Waals surface area (Å²) in [5, 5.41) is 20.4. The topological polar surface area (TPSA) is 101 Å². The van der Waals surface area contributed by atoms with Crippen LogP contribution < -0.4 is 10.9 Å². The molecule has 0 aliphatic heterocycles. The fraction of sp³-hybridized carbons (Fsp3) is 0.389. The Kier molecular flexibility index (Phi) is 4.75. The van der Waals surface area contributed by atoms with Crippen LogP contribution in [-0.4, -0.2) is 26.3 Å². The maximum absolute atomic E-state index is 12.4. The number of carbonyl (C=O) groups excluding carboxylic acids is 1. The van der Waals surface area contributed by atoms with Crippen molar-refractivity contribution in [2.24, 2.45) is 0 Å². The number of aromatic nitrogens is 4. The minimum absolute atomic E-state index is 0.0651. The minimum Gasteiger partial charge on any atom is -0.300 e. The summed E-state index contributed by atoms with van der Waals surface area (Å²) in [6.45, 7) is 0. The third-order valence-corrected chi connectivity index (χ3v) is 5.75. The lowest BCUT2D eigenvalue weighted by molar-refractivity contribution is -0.115. The fourth-order valence-corrected chi connectivity index (χ4v) is 4.35. The first-order valence-electron chi connectivity index (χ1n) is 8.80. The number of amides is 1. The van der Waals surface area contributed by atoms with Gasteiger partial charge in [0.25, 0.3) is 5.56 Å². The molecule has 0 spiro atoms. The van der Waals surface area contributed by atoms with Gasteiger partial charge < -0.3 is 5.32 Å². The number of rotatable bonds is 4. The van der Waals surface area contributed by atoms with E-state index in [1.807, 2.05) is 6.07 Å². The third-order valence-electron chi connectivity index (χ3n) is 4.74. The van der Waals surface area contributed by atoms with Crippen molar-refractivity contribution in [1.82, 2.24) is 20.4 Å². The quantitative estimate of drug-likeness (QED) is 0.736. The summed E-state index contributed by atoms with van der Waals surface area (Å²) >= 11 is 1.45. The minimum atomic E-state index is -0.258. The number of hydrogen-bond donors (Lipinski definition) is 2. The van der Waals surface area contributed by atoms with Gasteiger partial charge in [-0.1, -0.05) is 48.8 Å². The molecule has 26 heavy (non-hydrogen) atoms. The molecule has 0 saturated heterocycles. The first-order valence-corrected chi connectivity index (χ1v) is 9.62. The van der Waals surface area contributed by atoms with Crippen LogP contribution >= 0.6 is 11.3 Å². The fourth-order valence-electron chi connectivity index (χ4n) is 3.42. The van der Waals surface area contributed by atoms with Crippen molar-refractivity contribution in [1.29, 1.82) is 0 Å². The summed E-state index contributed by atoms with van der Waals surface area (Å²) in [5.41, 5.74) is 0.278. The molecule has 1 aliphatic carbocycles. The lowest BCUT2D eigenvalue weighted by Crippen LogP contribution is -2.18. The molecule has 7 nitrogen and oxygen atoms in total. The largest absolute Gasteiger partial charge is 0.300 e. The van der Waals surface area contributed by atoms with E-state index in [-0.39, 0.29) is 17.9 Å². The lowest BCUT2D eigenvalue weighted by Gasteiger charge is -2.18. The Morgan fingerprint density at radius 2 is 1.92 bits per heavy atom. The maximum Gasteiger partial charge on any atom is 0.272 e. The van der Waals surface area contributed by atoms with Crippen LogP contribution in [0.5, 0.6) is 0 Å². The Morgan fingerprint density at radius 3 is 2.73 bits per heavy atom. The van der Waals surface area contributed by atoms with E-state index in [1.54, 1.807) is 18.2 Å². The van der Waals surface area contributed by atoms with E-state index in [1.165, 1.54) is 30.6 Å². The molecule has 2 heterocycles. The summed E-state index contributed by atoms with van der Waals surface area (Å²) in [6.07, 6.45) is 6.12. The molecule has 0 unspecified atom stereocenters. The highest BCUT2D eigenvalue weighted by Gasteiger charge is 2.20. The highest BCUT2D eigenvalue weighted by molar-refractivity contribution is 7.15. The molecule has 1 fully saturated rings. The second kappa shape index (κ2) is 7.33. The van der Waals surface area contributed by atoms with Crippen molar-refractivity contribution in [3.63, 3.8) is 0 Å². The Balaban J connectivity index is 1.47. The van der Waals surface area contributed by atoms with Crippen LogP contribution in [0.2, 0.25) is 0 Å². The van der Waals surface area contributed by atoms with Gasteiger partial charge in [0.15, 0.2) is 0 Å². The van der Waals surface area contributed by atoms with E-state index in [0.717, 1.165) is 17.8 Å². The molecule has 1 aromatic carbocycles. The molecule has 1 amide bonds. The van der Waals surface area contributed by atoms with E-state index < -0.39 is 0 Å². The number of hydrogen-bond acceptors (Lipinski definition) is 6. The normalized spacial score (nSPS) is 15.2. The second-order valence-electron chi connectivity index (χ2n) is 6.55. The molecule has 8 heteroatoms. The Morgan fingerprint density at radius 1 is 1.15 bits per heavy atom. The van der Waals surface area contributed by atoms with Gasteiger partial charge in [-0.05, 0) is 18.9 Å². The van der Waals surface area contributed by atoms with Gasteiger partial charge in [-0.2, -0.15) is 5.10 Å². The van der Waals surface area contributed by atoms with Crippen LogP contribution in [0.1, 0.15) is 48.7 Å². The van der Waals surface area contributed by atoms with E-state index in [4.69, 9.17) is 0 Å². The van der Waals surface area contributed by atoms with Crippen LogP contribution in [0.4, 0.5) is 5.13 Å². The smallest absolute Gasteiger partial charge is 0.272 e. The van der Waals surface area contributed by atoms with E-state index in [9.17, 15) is 9.59 Å². The first kappa shape index (κ1) is 16.8. The molecular formula is C18H19N5O2S. The summed E-state index contributed by atoms with van der Waals surface area (Å²) < 4.78 is 0. The van der Waals surface area contributed by atoms with Crippen molar-refractivity contribution >= 4 is 33.1 Å². The number of benzene rings is 1.